The topological polar surface area (TPSA) is 76.7 Å². The van der Waals surface area contributed by atoms with Crippen LogP contribution in [0.3, 0.4) is 0 Å². The van der Waals surface area contributed by atoms with Gasteiger partial charge >= 0.3 is 0 Å². The molecule has 0 aliphatic carbocycles. The fraction of sp³-hybridized carbons (Fsp3) is 0.625. The van der Waals surface area contributed by atoms with E-state index in [0.717, 1.165) is 0 Å². The molecule has 1 atom stereocenters. The van der Waals surface area contributed by atoms with Crippen molar-refractivity contribution in [1.82, 2.24) is 5.32 Å². The summed E-state index contributed by atoms with van der Waals surface area (Å²) >= 11 is 0. The van der Waals surface area contributed by atoms with Crippen LogP contribution in [0.25, 0.3) is 0 Å². The van der Waals surface area contributed by atoms with E-state index in [9.17, 15) is 4.79 Å². The van der Waals surface area contributed by atoms with Gasteiger partial charge in [-0.05, 0) is 6.42 Å². The highest BCUT2D eigenvalue weighted by molar-refractivity contribution is 5.90. The molecule has 0 bridgehead atoms. The Morgan fingerprint density at radius 2 is 2.25 bits per heavy atom. The van der Waals surface area contributed by atoms with Gasteiger partial charge in [0.2, 0.25) is 5.41 Å². The molecule has 0 unspecified atom stereocenters. The summed E-state index contributed by atoms with van der Waals surface area (Å²) in [5.74, 6) is -0.612. The molecule has 1 saturated heterocycles. The van der Waals surface area contributed by atoms with Crippen molar-refractivity contribution in [2.45, 2.75) is 13.3 Å². The summed E-state index contributed by atoms with van der Waals surface area (Å²) < 4.78 is 0. The second kappa shape index (κ2) is 2.83. The second-order valence-electron chi connectivity index (χ2n) is 2.85. The summed E-state index contributed by atoms with van der Waals surface area (Å²) in [5.41, 5.74) is -1.44. The third kappa shape index (κ3) is 0.853. The zero-order valence-corrected chi connectivity index (χ0v) is 6.79. The monoisotopic (exact) mass is 163 g/mol. The van der Waals surface area contributed by atoms with E-state index < -0.39 is 11.3 Å². The number of rotatable bonds is 1. The molecule has 0 aromatic rings. The minimum absolute atomic E-state index is 0.167. The molecular weight excluding hydrogens is 154 g/mol. The van der Waals surface area contributed by atoms with Crippen LogP contribution in [-0.2, 0) is 4.79 Å². The van der Waals surface area contributed by atoms with Gasteiger partial charge < -0.3 is 5.32 Å². The lowest BCUT2D eigenvalue weighted by molar-refractivity contribution is -0.123. The van der Waals surface area contributed by atoms with E-state index in [4.69, 9.17) is 10.5 Å². The number of amides is 1. The van der Waals surface area contributed by atoms with Crippen molar-refractivity contribution in [1.29, 1.82) is 10.5 Å². The molecule has 1 N–H and O–H groups in total. The Morgan fingerprint density at radius 3 is 2.58 bits per heavy atom. The highest BCUT2D eigenvalue weighted by atomic mass is 16.2. The first kappa shape index (κ1) is 8.55. The first-order chi connectivity index (χ1) is 5.71. The molecule has 62 valence electrons. The Hall–Kier alpha value is -1.55. The highest BCUT2D eigenvalue weighted by Gasteiger charge is 2.50. The molecule has 0 radical (unpaired) electrons. The Balaban J connectivity index is 3.07. The largest absolute Gasteiger partial charge is 0.353 e. The minimum atomic E-state index is -1.44. The van der Waals surface area contributed by atoms with Crippen molar-refractivity contribution in [3.63, 3.8) is 0 Å². The molecular formula is C8H9N3O. The zero-order valence-electron chi connectivity index (χ0n) is 6.79. The molecule has 1 aliphatic rings. The van der Waals surface area contributed by atoms with Crippen LogP contribution in [0.1, 0.15) is 13.3 Å². The fourth-order valence-electron chi connectivity index (χ4n) is 1.45. The van der Waals surface area contributed by atoms with Crippen LogP contribution in [0.5, 0.6) is 0 Å². The average molecular weight is 163 g/mol. The number of nitrogens with one attached hydrogen (secondary N) is 1. The lowest BCUT2D eigenvalue weighted by Crippen LogP contribution is -2.31. The van der Waals surface area contributed by atoms with Gasteiger partial charge in [0.05, 0.1) is 12.1 Å². The van der Waals surface area contributed by atoms with Crippen LogP contribution in [0.4, 0.5) is 0 Å². The summed E-state index contributed by atoms with van der Waals surface area (Å²) in [7, 11) is 0. The molecule has 4 heteroatoms. The van der Waals surface area contributed by atoms with Crippen LogP contribution < -0.4 is 5.32 Å². The van der Waals surface area contributed by atoms with Gasteiger partial charge in [-0.2, -0.15) is 10.5 Å². The molecule has 0 saturated carbocycles. The van der Waals surface area contributed by atoms with Gasteiger partial charge in [0, 0.05) is 12.5 Å². The van der Waals surface area contributed by atoms with Gasteiger partial charge in [0.15, 0.2) is 0 Å². The molecule has 1 amide bonds. The Bertz CT molecular complexity index is 270. The van der Waals surface area contributed by atoms with Gasteiger partial charge in [0.1, 0.15) is 0 Å². The Kier molecular flexibility index (Phi) is 2.01. The quantitative estimate of drug-likeness (QED) is 0.598. The van der Waals surface area contributed by atoms with Crippen LogP contribution >= 0.6 is 0 Å². The molecule has 0 aromatic carbocycles. The Labute approximate surface area is 70.8 Å². The van der Waals surface area contributed by atoms with E-state index in [1.165, 1.54) is 0 Å². The normalized spacial score (nSPS) is 25.6. The van der Waals surface area contributed by atoms with Crippen LogP contribution in [0.2, 0.25) is 0 Å². The summed E-state index contributed by atoms with van der Waals surface area (Å²) in [6, 6.07) is 3.61. The van der Waals surface area contributed by atoms with Gasteiger partial charge in [-0.25, -0.2) is 0 Å². The molecule has 1 heterocycles. The molecule has 0 aromatic heterocycles. The fourth-order valence-corrected chi connectivity index (χ4v) is 1.45. The number of nitriles is 2. The van der Waals surface area contributed by atoms with E-state index in [1.54, 1.807) is 12.1 Å². The number of nitrogens with zero attached hydrogens (tertiary/aromatic N) is 2. The third-order valence-corrected chi connectivity index (χ3v) is 2.33. The summed E-state index contributed by atoms with van der Waals surface area (Å²) in [5, 5.41) is 20.0. The van der Waals surface area contributed by atoms with Crippen molar-refractivity contribution in [2.75, 3.05) is 6.54 Å². The van der Waals surface area contributed by atoms with Gasteiger partial charge in [-0.3, -0.25) is 4.79 Å². The molecule has 0 spiro atoms. The van der Waals surface area contributed by atoms with Crippen LogP contribution in [-0.4, -0.2) is 12.5 Å². The first-order valence-electron chi connectivity index (χ1n) is 3.82. The molecule has 1 fully saturated rings. The van der Waals surface area contributed by atoms with Gasteiger partial charge in [0.25, 0.3) is 5.91 Å². The van der Waals surface area contributed by atoms with Crippen molar-refractivity contribution < 1.29 is 4.79 Å². The van der Waals surface area contributed by atoms with Crippen molar-refractivity contribution in [3.05, 3.63) is 0 Å². The number of hydrogen-bond acceptors (Lipinski definition) is 3. The minimum Gasteiger partial charge on any atom is -0.353 e. The SMILES string of the molecule is CC[C@H]1CNC(=O)C1(C#N)C#N. The maximum atomic E-state index is 11.2. The van der Waals surface area contributed by atoms with Crippen molar-refractivity contribution in [3.8, 4) is 12.1 Å². The predicted octanol–water partition coefficient (Wildman–Crippen LogP) is 0.176. The molecule has 1 aliphatic heterocycles. The first-order valence-corrected chi connectivity index (χ1v) is 3.82. The zero-order chi connectivity index (χ0) is 9.19. The third-order valence-electron chi connectivity index (χ3n) is 2.33. The van der Waals surface area contributed by atoms with Crippen molar-refractivity contribution >= 4 is 5.91 Å². The van der Waals surface area contributed by atoms with E-state index in [0.29, 0.717) is 13.0 Å². The highest BCUT2D eigenvalue weighted by Crippen LogP contribution is 2.33. The second-order valence-corrected chi connectivity index (χ2v) is 2.85. The standard InChI is InChI=1S/C8H9N3O/c1-2-6-3-11-7(12)8(6,4-9)5-10/h6H,2-3H2,1H3,(H,11,12)/t6-/m0/s1. The maximum Gasteiger partial charge on any atom is 0.255 e. The number of carbonyl (C=O) groups is 1. The summed E-state index contributed by atoms with van der Waals surface area (Å²) in [4.78, 5) is 11.2. The van der Waals surface area contributed by atoms with Crippen molar-refractivity contribution in [2.24, 2.45) is 11.3 Å². The number of carbonyl (C=O) groups excluding carboxylic acids is 1. The Morgan fingerprint density at radius 1 is 1.67 bits per heavy atom. The maximum absolute atomic E-state index is 11.2. The number of hydrogen-bond donors (Lipinski definition) is 1. The van der Waals surface area contributed by atoms with Gasteiger partial charge in [-0.1, -0.05) is 6.92 Å². The van der Waals surface area contributed by atoms with E-state index in [-0.39, 0.29) is 5.92 Å². The van der Waals surface area contributed by atoms with E-state index in [1.807, 2.05) is 6.92 Å². The van der Waals surface area contributed by atoms with Gasteiger partial charge in [-0.15, -0.1) is 0 Å². The van der Waals surface area contributed by atoms with Crippen LogP contribution in [0.15, 0.2) is 0 Å². The summed E-state index contributed by atoms with van der Waals surface area (Å²) in [6.07, 6.45) is 0.667. The molecule has 1 rings (SSSR count). The summed E-state index contributed by atoms with van der Waals surface area (Å²) in [6.45, 7) is 2.31. The van der Waals surface area contributed by atoms with Crippen LogP contribution in [0, 0.1) is 34.0 Å². The molecule has 4 nitrogen and oxygen atoms in total. The lowest BCUT2D eigenvalue weighted by atomic mass is 9.79. The van der Waals surface area contributed by atoms with E-state index in [2.05, 4.69) is 5.32 Å². The lowest BCUT2D eigenvalue weighted by Gasteiger charge is -2.14. The smallest absolute Gasteiger partial charge is 0.255 e. The molecule has 12 heavy (non-hydrogen) atoms. The van der Waals surface area contributed by atoms with E-state index >= 15 is 0 Å². The predicted molar refractivity (Wildman–Crippen MR) is 40.4 cm³/mol. The average Bonchev–Trinajstić information content (AvgIpc) is 2.42.